The quantitative estimate of drug-likeness (QED) is 0.754. The van der Waals surface area contributed by atoms with Crippen LogP contribution in [0.1, 0.15) is 25.2 Å². The predicted molar refractivity (Wildman–Crippen MR) is 79.9 cm³/mol. The van der Waals surface area contributed by atoms with Crippen LogP contribution in [0.5, 0.6) is 0 Å². The summed E-state index contributed by atoms with van der Waals surface area (Å²) < 4.78 is 36.0. The lowest BCUT2D eigenvalue weighted by Crippen LogP contribution is -2.29. The number of imidazole rings is 1. The molecule has 1 aromatic heterocycles. The molecule has 2 aromatic rings. The molecule has 0 saturated carbocycles. The maximum absolute atomic E-state index is 12.6. The number of hydrogen-bond acceptors (Lipinski definition) is 5. The maximum Gasteiger partial charge on any atom is 0.243 e. The Kier molecular flexibility index (Phi) is 3.70. The lowest BCUT2D eigenvalue weighted by Gasteiger charge is -2.15. The van der Waals surface area contributed by atoms with Gasteiger partial charge in [0.05, 0.1) is 17.4 Å². The molecule has 21 heavy (non-hydrogen) atoms. The molecule has 110 valence electrons. The van der Waals surface area contributed by atoms with Gasteiger partial charge in [0.2, 0.25) is 10.0 Å². The van der Waals surface area contributed by atoms with Crippen molar-refractivity contribution in [2.24, 2.45) is 8.73 Å². The Morgan fingerprint density at radius 3 is 2.95 bits per heavy atom. The van der Waals surface area contributed by atoms with Gasteiger partial charge in [-0.2, -0.15) is 8.73 Å². The molecule has 9 heteroatoms. The Balaban J connectivity index is 1.95. The summed E-state index contributed by atoms with van der Waals surface area (Å²) in [6.45, 7) is 1.89. The number of H-pyrrole nitrogens is 1. The molecule has 2 heterocycles. The van der Waals surface area contributed by atoms with Gasteiger partial charge in [-0.1, -0.05) is 13.0 Å². The monoisotopic (exact) mass is 323 g/mol. The Bertz CT molecular complexity index is 823. The SMILES string of the molecule is CCC(NS(=O)(=O)c1cccc2c1N=S=N2)c1ncc[nH]1. The van der Waals surface area contributed by atoms with Crippen LogP contribution in [-0.4, -0.2) is 18.4 Å². The molecule has 7 nitrogen and oxygen atoms in total. The minimum atomic E-state index is -3.70. The van der Waals surface area contributed by atoms with E-state index in [4.69, 9.17) is 0 Å². The minimum Gasteiger partial charge on any atom is -0.347 e. The molecule has 0 fully saturated rings. The molecule has 1 aliphatic rings. The topological polar surface area (TPSA) is 99.6 Å². The Morgan fingerprint density at radius 1 is 1.38 bits per heavy atom. The number of sulfonamides is 1. The van der Waals surface area contributed by atoms with Crippen molar-refractivity contribution in [2.75, 3.05) is 0 Å². The Hall–Kier alpha value is -1.84. The lowest BCUT2D eigenvalue weighted by molar-refractivity contribution is 0.539. The highest BCUT2D eigenvalue weighted by molar-refractivity contribution is 7.89. The molecule has 0 radical (unpaired) electrons. The first-order chi connectivity index (χ1) is 10.1. The van der Waals surface area contributed by atoms with Crippen LogP contribution in [0.25, 0.3) is 0 Å². The summed E-state index contributed by atoms with van der Waals surface area (Å²) in [5.74, 6) is 0.588. The van der Waals surface area contributed by atoms with Crippen molar-refractivity contribution in [3.63, 3.8) is 0 Å². The van der Waals surface area contributed by atoms with E-state index in [2.05, 4.69) is 23.4 Å². The van der Waals surface area contributed by atoms with E-state index in [-0.39, 0.29) is 4.90 Å². The van der Waals surface area contributed by atoms with Crippen molar-refractivity contribution >= 4 is 32.8 Å². The van der Waals surface area contributed by atoms with Gasteiger partial charge in [0.1, 0.15) is 22.1 Å². The van der Waals surface area contributed by atoms with E-state index in [1.54, 1.807) is 24.5 Å². The van der Waals surface area contributed by atoms with Crippen LogP contribution in [0.2, 0.25) is 0 Å². The highest BCUT2D eigenvalue weighted by Crippen LogP contribution is 2.37. The van der Waals surface area contributed by atoms with Gasteiger partial charge in [0, 0.05) is 12.4 Å². The smallest absolute Gasteiger partial charge is 0.243 e. The van der Waals surface area contributed by atoms with Gasteiger partial charge in [-0.25, -0.2) is 18.1 Å². The average Bonchev–Trinajstić information content (AvgIpc) is 3.14. The second kappa shape index (κ2) is 5.51. The molecular formula is C12H13N5O2S2. The fraction of sp³-hybridized carbons (Fsp3) is 0.250. The zero-order valence-electron chi connectivity index (χ0n) is 11.1. The number of hydrogen-bond donors (Lipinski definition) is 2. The van der Waals surface area contributed by atoms with E-state index in [0.717, 1.165) is 11.4 Å². The molecule has 1 aliphatic heterocycles. The van der Waals surface area contributed by atoms with Crippen LogP contribution in [0.3, 0.4) is 0 Å². The largest absolute Gasteiger partial charge is 0.347 e. The molecule has 1 unspecified atom stereocenters. The van der Waals surface area contributed by atoms with Crippen LogP contribution >= 0.6 is 0 Å². The summed E-state index contributed by atoms with van der Waals surface area (Å²) in [4.78, 5) is 7.18. The van der Waals surface area contributed by atoms with Gasteiger partial charge >= 0.3 is 0 Å². The summed E-state index contributed by atoms with van der Waals surface area (Å²) in [5, 5.41) is 0. The summed E-state index contributed by atoms with van der Waals surface area (Å²) in [7, 11) is -3.70. The van der Waals surface area contributed by atoms with Gasteiger partial charge in [-0.15, -0.1) is 0 Å². The molecule has 0 spiro atoms. The van der Waals surface area contributed by atoms with Crippen LogP contribution in [0.4, 0.5) is 11.4 Å². The maximum atomic E-state index is 12.6. The first kappa shape index (κ1) is 14.1. The molecule has 0 amide bonds. The van der Waals surface area contributed by atoms with E-state index in [1.807, 2.05) is 6.92 Å². The number of fused-ring (bicyclic) bond motifs is 1. The molecule has 0 aliphatic carbocycles. The second-order valence-electron chi connectivity index (χ2n) is 4.44. The summed E-state index contributed by atoms with van der Waals surface area (Å²) in [5.41, 5.74) is 0.971. The third kappa shape index (κ3) is 2.67. The molecule has 0 saturated heterocycles. The first-order valence-corrected chi connectivity index (χ1v) is 8.56. The molecule has 2 N–H and O–H groups in total. The van der Waals surface area contributed by atoms with Crippen molar-refractivity contribution in [1.29, 1.82) is 0 Å². The number of aromatic nitrogens is 2. The van der Waals surface area contributed by atoms with Crippen molar-refractivity contribution in [3.8, 4) is 0 Å². The fourth-order valence-electron chi connectivity index (χ4n) is 2.05. The molecule has 1 atom stereocenters. The summed E-state index contributed by atoms with van der Waals surface area (Å²) in [6, 6.07) is 4.52. The number of rotatable bonds is 5. The van der Waals surface area contributed by atoms with Crippen molar-refractivity contribution in [1.82, 2.24) is 14.7 Å². The van der Waals surface area contributed by atoms with E-state index in [1.165, 1.54) is 6.07 Å². The van der Waals surface area contributed by atoms with Crippen LogP contribution in [0, 0.1) is 0 Å². The first-order valence-electron chi connectivity index (χ1n) is 6.34. The van der Waals surface area contributed by atoms with Gasteiger partial charge in [-0.05, 0) is 18.6 Å². The van der Waals surface area contributed by atoms with E-state index in [0.29, 0.717) is 23.6 Å². The van der Waals surface area contributed by atoms with Gasteiger partial charge in [0.15, 0.2) is 0 Å². The second-order valence-corrected chi connectivity index (χ2v) is 6.66. The zero-order valence-corrected chi connectivity index (χ0v) is 12.8. The molecule has 1 aromatic carbocycles. The van der Waals surface area contributed by atoms with Crippen LogP contribution in [0.15, 0.2) is 44.2 Å². The van der Waals surface area contributed by atoms with Gasteiger partial charge < -0.3 is 4.98 Å². The highest BCUT2D eigenvalue weighted by Gasteiger charge is 2.26. The van der Waals surface area contributed by atoms with Gasteiger partial charge in [0.25, 0.3) is 0 Å². The standard InChI is InChI=1S/C12H13N5O2S2/c1-2-8(12-13-6-7-14-12)17-21(18,19)10-5-3-4-9-11(10)16-20-15-9/h3-8,17H,2H2,1H3,(H,13,14). The average molecular weight is 323 g/mol. The fourth-order valence-corrected chi connectivity index (χ4v) is 4.10. The van der Waals surface area contributed by atoms with Crippen molar-refractivity contribution in [3.05, 3.63) is 36.4 Å². The van der Waals surface area contributed by atoms with Crippen molar-refractivity contribution < 1.29 is 8.42 Å². The third-order valence-electron chi connectivity index (χ3n) is 3.09. The third-order valence-corrected chi connectivity index (χ3v) is 5.14. The summed E-state index contributed by atoms with van der Waals surface area (Å²) in [6.07, 6.45) is 3.84. The number of aromatic amines is 1. The van der Waals surface area contributed by atoms with E-state index < -0.39 is 16.1 Å². The normalized spacial score (nSPS) is 14.7. The van der Waals surface area contributed by atoms with E-state index in [9.17, 15) is 8.42 Å². The molecular weight excluding hydrogens is 310 g/mol. The predicted octanol–water partition coefficient (Wildman–Crippen LogP) is 2.57. The Morgan fingerprint density at radius 2 is 2.24 bits per heavy atom. The highest BCUT2D eigenvalue weighted by atomic mass is 32.2. The van der Waals surface area contributed by atoms with Gasteiger partial charge in [-0.3, -0.25) is 0 Å². The number of nitrogens with zero attached hydrogens (tertiary/aromatic N) is 3. The van der Waals surface area contributed by atoms with Crippen molar-refractivity contribution in [2.45, 2.75) is 24.3 Å². The summed E-state index contributed by atoms with van der Waals surface area (Å²) >= 11 is 0.995. The minimum absolute atomic E-state index is 0.138. The molecule has 0 bridgehead atoms. The lowest BCUT2D eigenvalue weighted by atomic mass is 10.2. The van der Waals surface area contributed by atoms with Crippen LogP contribution < -0.4 is 4.72 Å². The Labute approximate surface area is 125 Å². The number of benzene rings is 1. The zero-order chi connectivity index (χ0) is 14.9. The number of nitrogens with one attached hydrogen (secondary N) is 2. The van der Waals surface area contributed by atoms with Crippen LogP contribution in [-0.2, 0) is 21.4 Å². The molecule has 3 rings (SSSR count). The van der Waals surface area contributed by atoms with E-state index >= 15 is 0 Å².